The van der Waals surface area contributed by atoms with Crippen LogP contribution in [0.25, 0.3) is 0 Å². The Hall–Kier alpha value is -2.01. The van der Waals surface area contributed by atoms with Gasteiger partial charge in [0.05, 0.1) is 11.6 Å². The molecule has 0 saturated carbocycles. The highest BCUT2D eigenvalue weighted by Crippen LogP contribution is 2.27. The van der Waals surface area contributed by atoms with E-state index < -0.39 is 16.6 Å². The van der Waals surface area contributed by atoms with Crippen molar-refractivity contribution in [2.75, 3.05) is 18.1 Å². The minimum Gasteiger partial charge on any atom is -0.330 e. The Labute approximate surface area is 131 Å². The second-order valence-corrected chi connectivity index (χ2v) is 6.84. The zero-order valence-electron chi connectivity index (χ0n) is 11.9. The Bertz CT molecular complexity index is 705. The molecular weight excluding hydrogens is 301 g/mol. The zero-order chi connectivity index (χ0) is 15.5. The monoisotopic (exact) mass is 317 g/mol. The largest absolute Gasteiger partial charge is 0.330 e. The fourth-order valence-electron chi connectivity index (χ4n) is 2.69. The van der Waals surface area contributed by atoms with Gasteiger partial charge in [-0.2, -0.15) is 0 Å². The molecule has 1 aliphatic rings. The topological polar surface area (TPSA) is 37.4 Å². The lowest BCUT2D eigenvalue weighted by Gasteiger charge is -2.35. The summed E-state index contributed by atoms with van der Waals surface area (Å²) >= 11 is 0. The molecule has 0 aliphatic carbocycles. The second kappa shape index (κ2) is 6.40. The van der Waals surface area contributed by atoms with Crippen LogP contribution in [0.3, 0.4) is 0 Å². The molecule has 0 spiro atoms. The molecule has 22 heavy (non-hydrogen) atoms. The molecule has 0 aromatic heterocycles. The van der Waals surface area contributed by atoms with Gasteiger partial charge < -0.3 is 4.90 Å². The molecule has 3 nitrogen and oxygen atoms in total. The van der Waals surface area contributed by atoms with E-state index in [1.165, 1.54) is 12.1 Å². The molecule has 3 rings (SSSR count). The van der Waals surface area contributed by atoms with Gasteiger partial charge in [0.1, 0.15) is 5.82 Å². The Morgan fingerprint density at radius 3 is 2.50 bits per heavy atom. The van der Waals surface area contributed by atoms with Crippen molar-refractivity contribution in [2.24, 2.45) is 0 Å². The average molecular weight is 317 g/mol. The Kier molecular flexibility index (Phi) is 4.34. The normalized spacial score (nSPS) is 21.6. The summed E-state index contributed by atoms with van der Waals surface area (Å²) in [5.74, 6) is -0.0389. The van der Waals surface area contributed by atoms with Crippen molar-refractivity contribution < 1.29 is 13.4 Å². The maximum Gasteiger partial charge on any atom is 0.257 e. The molecule has 2 aromatic rings. The molecule has 2 atom stereocenters. The van der Waals surface area contributed by atoms with E-state index in [4.69, 9.17) is 0 Å². The molecule has 5 heteroatoms. The van der Waals surface area contributed by atoms with Crippen molar-refractivity contribution >= 4 is 16.7 Å². The number of carbonyl (C=O) groups excluding carboxylic acids is 1. The van der Waals surface area contributed by atoms with Crippen molar-refractivity contribution in [1.82, 2.24) is 4.90 Å². The molecule has 0 radical (unpaired) electrons. The summed E-state index contributed by atoms with van der Waals surface area (Å²) in [6, 6.07) is 15.2. The number of nitrogens with zero attached hydrogens (tertiary/aromatic N) is 1. The van der Waals surface area contributed by atoms with Crippen LogP contribution in [-0.4, -0.2) is 33.1 Å². The fraction of sp³-hybridized carbons (Fsp3) is 0.235. The van der Waals surface area contributed by atoms with Gasteiger partial charge in [0.25, 0.3) is 5.91 Å². The van der Waals surface area contributed by atoms with Gasteiger partial charge in [0.15, 0.2) is 0 Å². The van der Waals surface area contributed by atoms with Crippen molar-refractivity contribution in [3.8, 4) is 0 Å². The smallest absolute Gasteiger partial charge is 0.257 e. The summed E-state index contributed by atoms with van der Waals surface area (Å²) in [6.45, 7) is 0.374. The number of amides is 1. The quantitative estimate of drug-likeness (QED) is 0.854. The summed E-state index contributed by atoms with van der Waals surface area (Å²) in [7, 11) is -0.957. The Balaban J connectivity index is 1.95. The number of rotatable bonds is 2. The first-order valence-corrected chi connectivity index (χ1v) is 8.61. The fourth-order valence-corrected chi connectivity index (χ4v) is 3.98. The number of benzene rings is 2. The van der Waals surface area contributed by atoms with Crippen LogP contribution in [0, 0.1) is 5.82 Å². The highest BCUT2D eigenvalue weighted by Gasteiger charge is 2.32. The van der Waals surface area contributed by atoms with Crippen molar-refractivity contribution in [2.45, 2.75) is 6.04 Å². The van der Waals surface area contributed by atoms with E-state index >= 15 is 0 Å². The van der Waals surface area contributed by atoms with Gasteiger partial charge in [-0.25, -0.2) is 4.39 Å². The minimum atomic E-state index is -0.957. The average Bonchev–Trinajstić information content (AvgIpc) is 2.55. The van der Waals surface area contributed by atoms with Crippen molar-refractivity contribution in [3.05, 3.63) is 71.5 Å². The van der Waals surface area contributed by atoms with Gasteiger partial charge in [0, 0.05) is 28.9 Å². The highest BCUT2D eigenvalue weighted by atomic mass is 32.2. The van der Waals surface area contributed by atoms with E-state index in [-0.39, 0.29) is 17.5 Å². The van der Waals surface area contributed by atoms with Crippen molar-refractivity contribution in [1.29, 1.82) is 0 Å². The first-order valence-electron chi connectivity index (χ1n) is 7.12. The molecular formula is C17H16FNO2S. The van der Waals surface area contributed by atoms with E-state index in [2.05, 4.69) is 0 Å². The lowest BCUT2D eigenvalue weighted by atomic mass is 10.0. The van der Waals surface area contributed by atoms with Crippen LogP contribution in [-0.2, 0) is 10.8 Å². The Morgan fingerprint density at radius 1 is 1.09 bits per heavy atom. The molecule has 114 valence electrons. The van der Waals surface area contributed by atoms with Crippen LogP contribution in [0.4, 0.5) is 4.39 Å². The van der Waals surface area contributed by atoms with E-state index in [1.807, 2.05) is 30.3 Å². The molecule has 1 aliphatic heterocycles. The predicted octanol–water partition coefficient (Wildman–Crippen LogP) is 2.77. The van der Waals surface area contributed by atoms with Crippen molar-refractivity contribution in [3.63, 3.8) is 0 Å². The molecule has 2 aromatic carbocycles. The SMILES string of the molecule is O=C(c1ccccc1F)N1CC[S@@](=O)C[C@H]1c1ccccc1. The number of carbonyl (C=O) groups is 1. The third-order valence-electron chi connectivity index (χ3n) is 3.83. The van der Waals surface area contributed by atoms with Crippen LogP contribution in [0.1, 0.15) is 22.0 Å². The van der Waals surface area contributed by atoms with Gasteiger partial charge in [-0.3, -0.25) is 9.00 Å². The highest BCUT2D eigenvalue weighted by molar-refractivity contribution is 7.85. The molecule has 1 amide bonds. The second-order valence-electron chi connectivity index (χ2n) is 5.22. The van der Waals surface area contributed by atoms with Crippen LogP contribution in [0.5, 0.6) is 0 Å². The third-order valence-corrected chi connectivity index (χ3v) is 5.15. The predicted molar refractivity (Wildman–Crippen MR) is 84.5 cm³/mol. The van der Waals surface area contributed by atoms with Crippen LogP contribution < -0.4 is 0 Å². The summed E-state index contributed by atoms with van der Waals surface area (Å²) in [5.41, 5.74) is 0.997. The third kappa shape index (κ3) is 2.95. The number of hydrogen-bond donors (Lipinski definition) is 0. The summed E-state index contributed by atoms with van der Waals surface area (Å²) in [6.07, 6.45) is 0. The van der Waals surface area contributed by atoms with Crippen LogP contribution in [0.2, 0.25) is 0 Å². The molecule has 0 bridgehead atoms. The van der Waals surface area contributed by atoms with Gasteiger partial charge in [-0.1, -0.05) is 42.5 Å². The van der Waals surface area contributed by atoms with Gasteiger partial charge >= 0.3 is 0 Å². The van der Waals surface area contributed by atoms with Crippen LogP contribution in [0.15, 0.2) is 54.6 Å². The first kappa shape index (κ1) is 14.9. The summed E-state index contributed by atoms with van der Waals surface area (Å²) in [5, 5.41) is 0. The van der Waals surface area contributed by atoms with Gasteiger partial charge in [-0.05, 0) is 17.7 Å². The molecule has 1 heterocycles. The molecule has 0 N–H and O–H groups in total. The van der Waals surface area contributed by atoms with Gasteiger partial charge in [0.2, 0.25) is 0 Å². The van der Waals surface area contributed by atoms with Gasteiger partial charge in [-0.15, -0.1) is 0 Å². The zero-order valence-corrected chi connectivity index (χ0v) is 12.8. The lowest BCUT2D eigenvalue weighted by molar-refractivity contribution is 0.0694. The van der Waals surface area contributed by atoms with E-state index in [0.29, 0.717) is 18.1 Å². The van der Waals surface area contributed by atoms with E-state index in [0.717, 1.165) is 5.56 Å². The number of hydrogen-bond acceptors (Lipinski definition) is 2. The standard InChI is InChI=1S/C17H16FNO2S/c18-15-9-5-4-8-14(15)17(20)19-10-11-22(21)12-16(19)13-6-2-1-3-7-13/h1-9,16H,10-12H2/t16-,22+/m0/s1. The maximum atomic E-state index is 13.9. The molecule has 1 fully saturated rings. The molecule has 1 saturated heterocycles. The summed E-state index contributed by atoms with van der Waals surface area (Å²) in [4.78, 5) is 14.3. The number of halogens is 1. The summed E-state index contributed by atoms with van der Waals surface area (Å²) < 4.78 is 25.8. The lowest BCUT2D eigenvalue weighted by Crippen LogP contribution is -2.44. The molecule has 0 unspecified atom stereocenters. The first-order chi connectivity index (χ1) is 10.7. The van der Waals surface area contributed by atoms with E-state index in [9.17, 15) is 13.4 Å². The van der Waals surface area contributed by atoms with Crippen LogP contribution >= 0.6 is 0 Å². The maximum absolute atomic E-state index is 13.9. The van der Waals surface area contributed by atoms with E-state index in [1.54, 1.807) is 17.0 Å². The minimum absolute atomic E-state index is 0.0658. The Morgan fingerprint density at radius 2 is 1.77 bits per heavy atom.